The lowest BCUT2D eigenvalue weighted by molar-refractivity contribution is -0.118. The zero-order valence-electron chi connectivity index (χ0n) is 17.7. The van der Waals surface area contributed by atoms with Crippen molar-refractivity contribution in [2.75, 3.05) is 17.2 Å². The molecule has 0 bridgehead atoms. The maximum absolute atomic E-state index is 12.4. The van der Waals surface area contributed by atoms with Crippen LogP contribution in [0.15, 0.2) is 48.5 Å². The van der Waals surface area contributed by atoms with Gasteiger partial charge in [0.1, 0.15) is 5.75 Å². The Morgan fingerprint density at radius 3 is 2.00 bits per heavy atom. The minimum Gasteiger partial charge on any atom is -0.494 e. The van der Waals surface area contributed by atoms with E-state index in [0.29, 0.717) is 23.5 Å². The molecule has 0 saturated carbocycles. The summed E-state index contributed by atoms with van der Waals surface area (Å²) in [4.78, 5) is 24.1. The maximum atomic E-state index is 12.4. The van der Waals surface area contributed by atoms with Gasteiger partial charge in [0.05, 0.1) is 6.61 Å². The van der Waals surface area contributed by atoms with Crippen molar-refractivity contribution < 1.29 is 14.3 Å². The highest BCUT2D eigenvalue weighted by molar-refractivity contribution is 6.04. The van der Waals surface area contributed by atoms with E-state index in [9.17, 15) is 9.59 Å². The number of hydrogen-bond donors (Lipinski definition) is 2. The lowest BCUT2D eigenvalue weighted by atomic mass is 10.1. The van der Waals surface area contributed by atoms with Crippen molar-refractivity contribution in [3.8, 4) is 5.75 Å². The molecule has 2 rings (SSSR count). The van der Waals surface area contributed by atoms with E-state index in [1.165, 1.54) is 25.7 Å². The van der Waals surface area contributed by atoms with Crippen LogP contribution in [-0.4, -0.2) is 18.4 Å². The average molecular weight is 397 g/mol. The van der Waals surface area contributed by atoms with Gasteiger partial charge in [0.2, 0.25) is 5.91 Å². The van der Waals surface area contributed by atoms with Crippen LogP contribution in [0.4, 0.5) is 11.4 Å². The van der Waals surface area contributed by atoms with Crippen LogP contribution in [0.3, 0.4) is 0 Å². The summed E-state index contributed by atoms with van der Waals surface area (Å²) < 4.78 is 5.73. The van der Waals surface area contributed by atoms with Crippen molar-refractivity contribution in [2.24, 2.45) is 5.92 Å². The van der Waals surface area contributed by atoms with E-state index in [0.717, 1.165) is 12.2 Å². The predicted octanol–water partition coefficient (Wildman–Crippen LogP) is 5.88. The Bertz CT molecular complexity index is 768. The number of rotatable bonds is 11. The molecule has 5 heteroatoms. The van der Waals surface area contributed by atoms with Crippen LogP contribution in [0, 0.1) is 5.92 Å². The number of nitrogens with one attached hydrogen (secondary N) is 2. The van der Waals surface area contributed by atoms with Crippen molar-refractivity contribution in [1.29, 1.82) is 0 Å². The summed E-state index contributed by atoms with van der Waals surface area (Å²) in [5.41, 5.74) is 1.94. The summed E-state index contributed by atoms with van der Waals surface area (Å²) >= 11 is 0. The Morgan fingerprint density at radius 1 is 0.828 bits per heavy atom. The summed E-state index contributed by atoms with van der Waals surface area (Å²) in [5, 5.41) is 5.69. The molecule has 29 heavy (non-hydrogen) atoms. The Balaban J connectivity index is 1.80. The topological polar surface area (TPSA) is 67.4 Å². The highest BCUT2D eigenvalue weighted by Gasteiger charge is 2.09. The summed E-state index contributed by atoms with van der Waals surface area (Å²) in [6, 6.07) is 14.3. The van der Waals surface area contributed by atoms with Crippen molar-refractivity contribution in [1.82, 2.24) is 0 Å². The molecule has 2 amide bonds. The predicted molar refractivity (Wildman–Crippen MR) is 119 cm³/mol. The second-order valence-electron chi connectivity index (χ2n) is 7.46. The minimum absolute atomic E-state index is 0.0370. The van der Waals surface area contributed by atoms with Crippen LogP contribution in [0.2, 0.25) is 0 Å². The molecule has 0 heterocycles. The monoisotopic (exact) mass is 396 g/mol. The van der Waals surface area contributed by atoms with E-state index in [1.54, 1.807) is 36.4 Å². The molecule has 156 valence electrons. The number of benzene rings is 2. The highest BCUT2D eigenvalue weighted by atomic mass is 16.5. The standard InChI is InChI=1S/C24H32N2O3/c1-4-5-6-7-8-17-29-22-15-9-19(10-16-22)24(28)26-21-13-11-20(12-14-21)25-23(27)18(2)3/h9-16,18H,4-8,17H2,1-3H3,(H,25,27)(H,26,28). The zero-order valence-corrected chi connectivity index (χ0v) is 17.7. The van der Waals surface area contributed by atoms with Crippen molar-refractivity contribution in [3.63, 3.8) is 0 Å². The number of unbranched alkanes of at least 4 members (excludes halogenated alkanes) is 4. The molecular weight excluding hydrogens is 364 g/mol. The smallest absolute Gasteiger partial charge is 0.255 e. The van der Waals surface area contributed by atoms with Crippen LogP contribution in [0.1, 0.15) is 63.2 Å². The normalized spacial score (nSPS) is 10.6. The lowest BCUT2D eigenvalue weighted by Gasteiger charge is -2.10. The molecular formula is C24H32N2O3. The Morgan fingerprint density at radius 2 is 1.41 bits per heavy atom. The quantitative estimate of drug-likeness (QED) is 0.466. The van der Waals surface area contributed by atoms with Gasteiger partial charge in [-0.1, -0.05) is 46.5 Å². The van der Waals surface area contributed by atoms with Gasteiger partial charge in [-0.05, 0) is 55.0 Å². The largest absolute Gasteiger partial charge is 0.494 e. The molecule has 2 aromatic rings. The van der Waals surface area contributed by atoms with Gasteiger partial charge in [-0.2, -0.15) is 0 Å². The van der Waals surface area contributed by atoms with Gasteiger partial charge in [-0.3, -0.25) is 9.59 Å². The van der Waals surface area contributed by atoms with Crippen LogP contribution >= 0.6 is 0 Å². The third-order valence-corrected chi connectivity index (χ3v) is 4.57. The van der Waals surface area contributed by atoms with Gasteiger partial charge >= 0.3 is 0 Å². The molecule has 0 atom stereocenters. The van der Waals surface area contributed by atoms with Gasteiger partial charge in [-0.25, -0.2) is 0 Å². The van der Waals surface area contributed by atoms with Gasteiger partial charge in [0.25, 0.3) is 5.91 Å². The SMILES string of the molecule is CCCCCCCOc1ccc(C(=O)Nc2ccc(NC(=O)C(C)C)cc2)cc1. The molecule has 2 N–H and O–H groups in total. The molecule has 0 spiro atoms. The Labute approximate surface area is 173 Å². The fourth-order valence-corrected chi connectivity index (χ4v) is 2.72. The molecule has 2 aromatic carbocycles. The van der Waals surface area contributed by atoms with E-state index in [1.807, 2.05) is 26.0 Å². The number of carbonyl (C=O) groups is 2. The van der Waals surface area contributed by atoms with E-state index < -0.39 is 0 Å². The molecule has 0 aliphatic heterocycles. The Kier molecular flexibility index (Phi) is 9.22. The van der Waals surface area contributed by atoms with Gasteiger partial charge < -0.3 is 15.4 Å². The summed E-state index contributed by atoms with van der Waals surface area (Å²) in [5.74, 6) is 0.477. The molecule has 0 aromatic heterocycles. The minimum atomic E-state index is -0.185. The highest BCUT2D eigenvalue weighted by Crippen LogP contribution is 2.17. The fraction of sp³-hybridized carbons (Fsp3) is 0.417. The van der Waals surface area contributed by atoms with Gasteiger partial charge in [0.15, 0.2) is 0 Å². The average Bonchev–Trinajstić information content (AvgIpc) is 2.72. The molecule has 0 aliphatic rings. The maximum Gasteiger partial charge on any atom is 0.255 e. The number of carbonyl (C=O) groups excluding carboxylic acids is 2. The zero-order chi connectivity index (χ0) is 21.1. The third kappa shape index (κ3) is 7.98. The van der Waals surface area contributed by atoms with Crippen molar-refractivity contribution in [3.05, 3.63) is 54.1 Å². The molecule has 0 fully saturated rings. The van der Waals surface area contributed by atoms with Gasteiger partial charge in [0, 0.05) is 22.9 Å². The molecule has 0 radical (unpaired) electrons. The Hall–Kier alpha value is -2.82. The van der Waals surface area contributed by atoms with Crippen LogP contribution < -0.4 is 15.4 Å². The molecule has 5 nitrogen and oxygen atoms in total. The van der Waals surface area contributed by atoms with Crippen LogP contribution in [0.25, 0.3) is 0 Å². The van der Waals surface area contributed by atoms with Crippen LogP contribution in [0.5, 0.6) is 5.75 Å². The first-order valence-electron chi connectivity index (χ1n) is 10.4. The first-order valence-corrected chi connectivity index (χ1v) is 10.4. The lowest BCUT2D eigenvalue weighted by Crippen LogP contribution is -2.17. The second-order valence-corrected chi connectivity index (χ2v) is 7.46. The number of anilines is 2. The van der Waals surface area contributed by atoms with Crippen molar-refractivity contribution in [2.45, 2.75) is 52.9 Å². The van der Waals surface area contributed by atoms with Crippen molar-refractivity contribution >= 4 is 23.2 Å². The first kappa shape index (κ1) is 22.5. The van der Waals surface area contributed by atoms with E-state index >= 15 is 0 Å². The molecule has 0 saturated heterocycles. The second kappa shape index (κ2) is 11.9. The number of ether oxygens (including phenoxy) is 1. The summed E-state index contributed by atoms with van der Waals surface area (Å²) in [7, 11) is 0. The van der Waals surface area contributed by atoms with E-state index in [-0.39, 0.29) is 17.7 Å². The summed E-state index contributed by atoms with van der Waals surface area (Å²) in [6.45, 7) is 6.59. The fourth-order valence-electron chi connectivity index (χ4n) is 2.72. The van der Waals surface area contributed by atoms with Gasteiger partial charge in [-0.15, -0.1) is 0 Å². The third-order valence-electron chi connectivity index (χ3n) is 4.57. The number of hydrogen-bond acceptors (Lipinski definition) is 3. The van der Waals surface area contributed by atoms with Crippen LogP contribution in [-0.2, 0) is 4.79 Å². The van der Waals surface area contributed by atoms with E-state index in [4.69, 9.17) is 4.74 Å². The summed E-state index contributed by atoms with van der Waals surface area (Å²) in [6.07, 6.45) is 6.01. The first-order chi connectivity index (χ1) is 14.0. The molecule has 0 aliphatic carbocycles. The molecule has 0 unspecified atom stereocenters. The number of amides is 2. The van der Waals surface area contributed by atoms with E-state index in [2.05, 4.69) is 17.6 Å².